The summed E-state index contributed by atoms with van der Waals surface area (Å²) >= 11 is 6.05. The molecule has 1 heterocycles. The summed E-state index contributed by atoms with van der Waals surface area (Å²) in [6.07, 6.45) is 3.20. The van der Waals surface area contributed by atoms with Crippen molar-refractivity contribution in [2.45, 2.75) is 32.6 Å². The van der Waals surface area contributed by atoms with Crippen LogP contribution in [-0.4, -0.2) is 29.8 Å². The van der Waals surface area contributed by atoms with Gasteiger partial charge in [0.2, 0.25) is 5.75 Å². The van der Waals surface area contributed by atoms with E-state index < -0.39 is 10.9 Å². The highest BCUT2D eigenvalue weighted by Gasteiger charge is 2.23. The molecular formula is C17H19ClN2O6. The number of benzene rings is 1. The normalized spacial score (nSPS) is 10.6. The summed E-state index contributed by atoms with van der Waals surface area (Å²) in [5, 5.41) is 15.0. The van der Waals surface area contributed by atoms with E-state index in [-0.39, 0.29) is 28.6 Å². The van der Waals surface area contributed by atoms with Gasteiger partial charge in [0, 0.05) is 18.6 Å². The lowest BCUT2D eigenvalue weighted by Gasteiger charge is -2.10. The monoisotopic (exact) mass is 382 g/mol. The van der Waals surface area contributed by atoms with E-state index in [4.69, 9.17) is 20.9 Å². The third-order valence-electron chi connectivity index (χ3n) is 3.63. The van der Waals surface area contributed by atoms with Crippen molar-refractivity contribution < 1.29 is 23.7 Å². The molecule has 140 valence electrons. The Hall–Kier alpha value is -2.61. The van der Waals surface area contributed by atoms with Crippen LogP contribution in [0.4, 0.5) is 5.69 Å². The second-order valence-electron chi connectivity index (χ2n) is 5.65. The van der Waals surface area contributed by atoms with E-state index in [1.165, 1.54) is 13.2 Å². The molecule has 1 aromatic heterocycles. The van der Waals surface area contributed by atoms with Crippen molar-refractivity contribution in [2.24, 2.45) is 0 Å². The van der Waals surface area contributed by atoms with Crippen molar-refractivity contribution in [1.29, 1.82) is 0 Å². The molecule has 2 aromatic rings. The zero-order valence-corrected chi connectivity index (χ0v) is 15.2. The average molecular weight is 383 g/mol. The molecule has 0 amide bonds. The average Bonchev–Trinajstić information content (AvgIpc) is 3.02. The van der Waals surface area contributed by atoms with E-state index in [0.717, 1.165) is 36.8 Å². The van der Waals surface area contributed by atoms with Crippen molar-refractivity contribution in [3.8, 4) is 5.75 Å². The minimum absolute atomic E-state index is 0.00102. The van der Waals surface area contributed by atoms with Crippen molar-refractivity contribution in [1.82, 2.24) is 5.16 Å². The highest BCUT2D eigenvalue weighted by Crippen LogP contribution is 2.36. The number of unbranched alkanes of at least 4 members (excludes halogenated alkanes) is 2. The van der Waals surface area contributed by atoms with Gasteiger partial charge >= 0.3 is 11.7 Å². The first-order valence-corrected chi connectivity index (χ1v) is 8.41. The van der Waals surface area contributed by atoms with Gasteiger partial charge in [-0.05, 0) is 32.3 Å². The quantitative estimate of drug-likeness (QED) is 0.278. The topological polar surface area (TPSA) is 105 Å². The number of methoxy groups -OCH3 is 1. The second-order valence-corrected chi connectivity index (χ2v) is 6.06. The number of hydrogen-bond acceptors (Lipinski definition) is 7. The van der Waals surface area contributed by atoms with Gasteiger partial charge in [-0.25, -0.2) is 4.79 Å². The van der Waals surface area contributed by atoms with E-state index in [0.29, 0.717) is 6.42 Å². The van der Waals surface area contributed by atoms with Gasteiger partial charge in [0.25, 0.3) is 0 Å². The molecule has 0 aliphatic heterocycles. The number of aryl methyl sites for hydroxylation is 2. The molecular weight excluding hydrogens is 364 g/mol. The largest absolute Gasteiger partial charge is 0.486 e. The molecule has 0 spiro atoms. The van der Waals surface area contributed by atoms with Crippen molar-refractivity contribution in [3.63, 3.8) is 0 Å². The van der Waals surface area contributed by atoms with Crippen LogP contribution in [0.2, 0.25) is 5.02 Å². The van der Waals surface area contributed by atoms with Crippen LogP contribution in [0.15, 0.2) is 22.7 Å². The van der Waals surface area contributed by atoms with Crippen LogP contribution in [0.25, 0.3) is 0 Å². The summed E-state index contributed by atoms with van der Waals surface area (Å²) in [5.41, 5.74) is 0.481. The van der Waals surface area contributed by atoms with E-state index in [9.17, 15) is 14.9 Å². The Morgan fingerprint density at radius 1 is 1.31 bits per heavy atom. The molecule has 0 fully saturated rings. The van der Waals surface area contributed by atoms with Gasteiger partial charge in [0.15, 0.2) is 0 Å². The first-order valence-electron chi connectivity index (χ1n) is 8.03. The second kappa shape index (κ2) is 9.19. The highest BCUT2D eigenvalue weighted by molar-refractivity contribution is 6.32. The molecule has 0 bridgehead atoms. The number of hydrogen-bond donors (Lipinski definition) is 0. The summed E-state index contributed by atoms with van der Waals surface area (Å²) in [4.78, 5) is 22.1. The third kappa shape index (κ3) is 5.19. The molecule has 1 aromatic carbocycles. The maximum atomic E-state index is 11.5. The van der Waals surface area contributed by atoms with Crippen LogP contribution in [0.5, 0.6) is 5.75 Å². The molecule has 0 atom stereocenters. The molecule has 2 rings (SSSR count). The SMILES string of the molecule is COC(=O)c1cc(Cl)c(OCCCCCc2cc(C)no2)c([N+](=O)[O-])c1. The van der Waals surface area contributed by atoms with Gasteiger partial charge in [-0.3, -0.25) is 10.1 Å². The Morgan fingerprint density at radius 2 is 2.08 bits per heavy atom. The molecule has 0 unspecified atom stereocenters. The lowest BCUT2D eigenvalue weighted by atomic mass is 10.1. The molecule has 8 nitrogen and oxygen atoms in total. The van der Waals surface area contributed by atoms with Crippen molar-refractivity contribution >= 4 is 23.3 Å². The first kappa shape index (κ1) is 19.7. The minimum atomic E-state index is -0.704. The molecule has 0 saturated heterocycles. The summed E-state index contributed by atoms with van der Waals surface area (Å²) < 4.78 is 15.2. The zero-order chi connectivity index (χ0) is 19.1. The van der Waals surface area contributed by atoms with E-state index in [1.807, 2.05) is 13.0 Å². The Labute approximate surface area is 155 Å². The summed E-state index contributed by atoms with van der Waals surface area (Å²) in [7, 11) is 1.19. The van der Waals surface area contributed by atoms with Gasteiger partial charge < -0.3 is 14.0 Å². The summed E-state index contributed by atoms with van der Waals surface area (Å²) in [6, 6.07) is 4.28. The maximum absolute atomic E-state index is 11.5. The van der Waals surface area contributed by atoms with E-state index in [2.05, 4.69) is 9.89 Å². The fourth-order valence-corrected chi connectivity index (χ4v) is 2.65. The van der Waals surface area contributed by atoms with Gasteiger partial charge in [-0.15, -0.1) is 0 Å². The molecule has 9 heteroatoms. The number of ether oxygens (including phenoxy) is 2. The molecule has 26 heavy (non-hydrogen) atoms. The van der Waals surface area contributed by atoms with Crippen LogP contribution in [0.3, 0.4) is 0 Å². The van der Waals surface area contributed by atoms with Gasteiger partial charge in [0.1, 0.15) is 5.76 Å². The number of nitro groups is 1. The number of nitrogens with zero attached hydrogens (tertiary/aromatic N) is 2. The molecule has 0 aliphatic carbocycles. The molecule has 0 N–H and O–H groups in total. The maximum Gasteiger partial charge on any atom is 0.338 e. The standard InChI is InChI=1S/C17H19ClN2O6/c1-11-8-13(26-19-11)6-4-3-5-7-25-16-14(18)9-12(17(21)24-2)10-15(16)20(22)23/h8-10H,3-7H2,1-2H3. The Kier molecular flexibility index (Phi) is 6.97. The first-order chi connectivity index (χ1) is 12.4. The molecule has 0 saturated carbocycles. The van der Waals surface area contributed by atoms with Gasteiger partial charge in [-0.2, -0.15) is 0 Å². The van der Waals surface area contributed by atoms with Crippen LogP contribution in [0, 0.1) is 17.0 Å². The van der Waals surface area contributed by atoms with E-state index in [1.54, 1.807) is 0 Å². The fraction of sp³-hybridized carbons (Fsp3) is 0.412. The van der Waals surface area contributed by atoms with Crippen LogP contribution in [-0.2, 0) is 11.2 Å². The zero-order valence-electron chi connectivity index (χ0n) is 14.5. The Balaban J connectivity index is 1.89. The van der Waals surface area contributed by atoms with E-state index >= 15 is 0 Å². The number of esters is 1. The lowest BCUT2D eigenvalue weighted by molar-refractivity contribution is -0.385. The third-order valence-corrected chi connectivity index (χ3v) is 3.91. The molecule has 0 aliphatic rings. The number of carbonyl (C=O) groups is 1. The summed E-state index contributed by atoms with van der Waals surface area (Å²) in [5.74, 6) is 0.0832. The number of nitro benzene ring substituents is 1. The van der Waals surface area contributed by atoms with Crippen molar-refractivity contribution in [2.75, 3.05) is 13.7 Å². The van der Waals surface area contributed by atoms with Crippen molar-refractivity contribution in [3.05, 3.63) is 50.4 Å². The van der Waals surface area contributed by atoms with Crippen LogP contribution < -0.4 is 4.74 Å². The van der Waals surface area contributed by atoms with Crippen LogP contribution in [0.1, 0.15) is 41.1 Å². The number of rotatable bonds is 9. The fourth-order valence-electron chi connectivity index (χ4n) is 2.38. The summed E-state index contributed by atoms with van der Waals surface area (Å²) in [6.45, 7) is 2.14. The number of carbonyl (C=O) groups excluding carboxylic acids is 1. The minimum Gasteiger partial charge on any atom is -0.486 e. The predicted molar refractivity (Wildman–Crippen MR) is 93.7 cm³/mol. The number of halogens is 1. The predicted octanol–water partition coefficient (Wildman–Crippen LogP) is 4.12. The lowest BCUT2D eigenvalue weighted by Crippen LogP contribution is -2.06. The molecule has 0 radical (unpaired) electrons. The smallest absolute Gasteiger partial charge is 0.338 e. The van der Waals surface area contributed by atoms with Gasteiger partial charge in [0.05, 0.1) is 34.9 Å². The Morgan fingerprint density at radius 3 is 2.69 bits per heavy atom. The number of aromatic nitrogens is 1. The van der Waals surface area contributed by atoms with Crippen LogP contribution >= 0.6 is 11.6 Å². The Bertz CT molecular complexity index is 790. The highest BCUT2D eigenvalue weighted by atomic mass is 35.5. The van der Waals surface area contributed by atoms with Gasteiger partial charge in [-0.1, -0.05) is 16.8 Å².